The van der Waals surface area contributed by atoms with Crippen LogP contribution >= 0.6 is 0 Å². The molecule has 2 saturated heterocycles. The minimum absolute atomic E-state index is 0.00983. The van der Waals surface area contributed by atoms with Crippen molar-refractivity contribution in [3.8, 4) is 6.07 Å². The van der Waals surface area contributed by atoms with E-state index in [0.29, 0.717) is 48.4 Å². The highest BCUT2D eigenvalue weighted by Crippen LogP contribution is 2.59. The van der Waals surface area contributed by atoms with E-state index in [2.05, 4.69) is 21.4 Å². The maximum absolute atomic E-state index is 14.0. The summed E-state index contributed by atoms with van der Waals surface area (Å²) in [6.07, 6.45) is 3.98. The van der Waals surface area contributed by atoms with Gasteiger partial charge >= 0.3 is 0 Å². The van der Waals surface area contributed by atoms with Crippen LogP contribution in [0.15, 0.2) is 30.5 Å². The number of hydrogen-bond acceptors (Lipinski definition) is 6. The Bertz CT molecular complexity index is 993. The van der Waals surface area contributed by atoms with Crippen LogP contribution < -0.4 is 10.2 Å². The number of anilines is 3. The molecule has 5 rings (SSSR count). The molecule has 2 aliphatic heterocycles. The Balaban J connectivity index is 1.43. The summed E-state index contributed by atoms with van der Waals surface area (Å²) >= 11 is 0. The Labute approximate surface area is 173 Å². The van der Waals surface area contributed by atoms with Gasteiger partial charge in [-0.3, -0.25) is 0 Å². The molecule has 1 aliphatic carbocycles. The molecule has 1 N–H and O–H groups in total. The molecule has 1 spiro atoms. The van der Waals surface area contributed by atoms with Gasteiger partial charge in [-0.25, -0.2) is 18.7 Å². The Hall–Kier alpha value is -2.79. The van der Waals surface area contributed by atoms with E-state index in [0.717, 1.165) is 31.6 Å². The average Bonchev–Trinajstić information content (AvgIpc) is 2.73. The number of alkyl halides is 2. The van der Waals surface area contributed by atoms with Crippen LogP contribution in [0.4, 0.5) is 26.2 Å². The van der Waals surface area contributed by atoms with E-state index in [-0.39, 0.29) is 6.42 Å². The molecule has 0 unspecified atom stereocenters. The van der Waals surface area contributed by atoms with Gasteiger partial charge < -0.3 is 15.0 Å². The van der Waals surface area contributed by atoms with E-state index in [9.17, 15) is 8.78 Å². The van der Waals surface area contributed by atoms with Crippen LogP contribution in [0.2, 0.25) is 0 Å². The molecule has 2 aromatic heterocycles. The molecule has 8 heteroatoms. The molecule has 0 bridgehead atoms. The second-order valence-electron chi connectivity index (χ2n) is 8.54. The lowest BCUT2D eigenvalue weighted by molar-refractivity contribution is -0.212. The van der Waals surface area contributed by atoms with Crippen LogP contribution in [0.3, 0.4) is 0 Å². The summed E-state index contributed by atoms with van der Waals surface area (Å²) in [6, 6.07) is 9.43. The Morgan fingerprint density at radius 1 is 1.13 bits per heavy atom. The molecule has 30 heavy (non-hydrogen) atoms. The molecule has 0 radical (unpaired) electrons. The number of nitriles is 1. The van der Waals surface area contributed by atoms with Crippen molar-refractivity contribution in [1.29, 1.82) is 5.26 Å². The molecule has 3 fully saturated rings. The van der Waals surface area contributed by atoms with Crippen LogP contribution in [0.1, 0.15) is 42.7 Å². The fourth-order valence-corrected chi connectivity index (χ4v) is 4.63. The first-order valence-electron chi connectivity index (χ1n) is 10.3. The lowest BCUT2D eigenvalue weighted by atomic mass is 9.60. The number of aromatic nitrogens is 2. The number of nitrogens with one attached hydrogen (secondary N) is 1. The molecular formula is C22H23F2N5O. The first-order valence-corrected chi connectivity index (χ1v) is 10.3. The SMILES string of the molecule is N#Cc1ccnc(Nc2cc(C3CCOCC3)cc(N3CC4(CCC4(F)F)C3)n2)c1. The summed E-state index contributed by atoms with van der Waals surface area (Å²) in [5.74, 6) is -0.365. The Kier molecular flexibility index (Phi) is 4.58. The van der Waals surface area contributed by atoms with Gasteiger partial charge in [0.15, 0.2) is 0 Å². The quantitative estimate of drug-likeness (QED) is 0.812. The first kappa shape index (κ1) is 19.2. The van der Waals surface area contributed by atoms with Crippen LogP contribution in [0.25, 0.3) is 0 Å². The van der Waals surface area contributed by atoms with Crippen molar-refractivity contribution in [1.82, 2.24) is 9.97 Å². The summed E-state index contributed by atoms with van der Waals surface area (Å²) in [6.45, 7) is 2.11. The topological polar surface area (TPSA) is 74.1 Å². The molecule has 0 amide bonds. The number of hydrogen-bond donors (Lipinski definition) is 1. The van der Waals surface area contributed by atoms with E-state index in [1.807, 2.05) is 17.0 Å². The first-order chi connectivity index (χ1) is 14.5. The smallest absolute Gasteiger partial charge is 0.257 e. The zero-order chi connectivity index (χ0) is 20.8. The van der Waals surface area contributed by atoms with Crippen molar-refractivity contribution in [2.75, 3.05) is 36.5 Å². The second-order valence-corrected chi connectivity index (χ2v) is 8.54. The van der Waals surface area contributed by atoms with Crippen molar-refractivity contribution in [2.24, 2.45) is 5.41 Å². The predicted octanol–water partition coefficient (Wildman–Crippen LogP) is 4.22. The summed E-state index contributed by atoms with van der Waals surface area (Å²) in [5, 5.41) is 12.3. The number of pyridine rings is 2. The minimum atomic E-state index is -2.56. The molecule has 0 atom stereocenters. The van der Waals surface area contributed by atoms with Crippen molar-refractivity contribution in [3.63, 3.8) is 0 Å². The third-order valence-corrected chi connectivity index (χ3v) is 6.68. The van der Waals surface area contributed by atoms with Gasteiger partial charge in [-0.2, -0.15) is 5.26 Å². The summed E-state index contributed by atoms with van der Waals surface area (Å²) < 4.78 is 33.5. The van der Waals surface area contributed by atoms with Crippen molar-refractivity contribution >= 4 is 17.5 Å². The lowest BCUT2D eigenvalue weighted by Gasteiger charge is -2.60. The Morgan fingerprint density at radius 3 is 2.60 bits per heavy atom. The van der Waals surface area contributed by atoms with E-state index >= 15 is 0 Å². The van der Waals surface area contributed by atoms with Gasteiger partial charge in [0.2, 0.25) is 0 Å². The minimum Gasteiger partial charge on any atom is -0.381 e. The molecule has 0 aromatic carbocycles. The molecule has 4 heterocycles. The summed E-state index contributed by atoms with van der Waals surface area (Å²) in [5.41, 5.74) is 0.758. The second kappa shape index (κ2) is 7.17. The largest absolute Gasteiger partial charge is 0.381 e. The van der Waals surface area contributed by atoms with Crippen LogP contribution in [-0.2, 0) is 4.74 Å². The maximum atomic E-state index is 14.0. The fourth-order valence-electron chi connectivity index (χ4n) is 4.63. The predicted molar refractivity (Wildman–Crippen MR) is 108 cm³/mol. The van der Waals surface area contributed by atoms with Gasteiger partial charge in [0.1, 0.15) is 17.5 Å². The van der Waals surface area contributed by atoms with Gasteiger partial charge in [0, 0.05) is 38.9 Å². The number of rotatable bonds is 4. The molecule has 1 saturated carbocycles. The molecule has 3 aliphatic rings. The van der Waals surface area contributed by atoms with Crippen LogP contribution in [0, 0.1) is 16.7 Å². The fraction of sp³-hybridized carbons (Fsp3) is 0.500. The van der Waals surface area contributed by atoms with Gasteiger partial charge in [-0.05, 0) is 55.0 Å². The molecule has 156 valence electrons. The standard InChI is InChI=1S/C22H23F2N5O/c23-22(24)5-4-21(22)13-29(14-21)20-11-17(16-2-7-30-8-3-16)10-19(28-20)27-18-9-15(12-25)1-6-26-18/h1,6,9-11,16H,2-5,7-8,13-14H2,(H,26,27,28). The van der Waals surface area contributed by atoms with Crippen molar-refractivity contribution in [3.05, 3.63) is 41.6 Å². The van der Waals surface area contributed by atoms with Gasteiger partial charge in [0.05, 0.1) is 17.0 Å². The van der Waals surface area contributed by atoms with Crippen molar-refractivity contribution in [2.45, 2.75) is 37.5 Å². The van der Waals surface area contributed by atoms with Gasteiger partial charge in [-0.15, -0.1) is 0 Å². The van der Waals surface area contributed by atoms with Gasteiger partial charge in [0.25, 0.3) is 5.92 Å². The molecular weight excluding hydrogens is 388 g/mol. The van der Waals surface area contributed by atoms with E-state index in [4.69, 9.17) is 10.00 Å². The van der Waals surface area contributed by atoms with Gasteiger partial charge in [-0.1, -0.05) is 0 Å². The average molecular weight is 411 g/mol. The van der Waals surface area contributed by atoms with E-state index in [1.54, 1.807) is 18.3 Å². The maximum Gasteiger partial charge on any atom is 0.257 e. The summed E-state index contributed by atoms with van der Waals surface area (Å²) in [7, 11) is 0. The van der Waals surface area contributed by atoms with Crippen molar-refractivity contribution < 1.29 is 13.5 Å². The summed E-state index contributed by atoms with van der Waals surface area (Å²) in [4.78, 5) is 10.9. The molecule has 2 aromatic rings. The van der Waals surface area contributed by atoms with E-state index < -0.39 is 11.3 Å². The number of ether oxygens (including phenoxy) is 1. The number of halogens is 2. The Morgan fingerprint density at radius 2 is 1.93 bits per heavy atom. The number of nitrogens with zero attached hydrogens (tertiary/aromatic N) is 4. The normalized spacial score (nSPS) is 22.1. The molecule has 6 nitrogen and oxygen atoms in total. The zero-order valence-electron chi connectivity index (χ0n) is 16.6. The lowest BCUT2D eigenvalue weighted by Crippen LogP contribution is -2.70. The highest BCUT2D eigenvalue weighted by atomic mass is 19.3. The highest BCUT2D eigenvalue weighted by Gasteiger charge is 2.67. The highest BCUT2D eigenvalue weighted by molar-refractivity contribution is 5.60. The zero-order valence-corrected chi connectivity index (χ0v) is 16.6. The third-order valence-electron chi connectivity index (χ3n) is 6.68. The van der Waals surface area contributed by atoms with Crippen LogP contribution in [-0.4, -0.2) is 42.2 Å². The van der Waals surface area contributed by atoms with Crippen LogP contribution in [0.5, 0.6) is 0 Å². The van der Waals surface area contributed by atoms with E-state index in [1.165, 1.54) is 0 Å². The third kappa shape index (κ3) is 3.27. The monoisotopic (exact) mass is 411 g/mol.